The zero-order valence-corrected chi connectivity index (χ0v) is 13.7. The quantitative estimate of drug-likeness (QED) is 0.639. The van der Waals surface area contributed by atoms with Gasteiger partial charge in [-0.2, -0.15) is 5.10 Å². The van der Waals surface area contributed by atoms with Gasteiger partial charge in [-0.3, -0.25) is 0 Å². The van der Waals surface area contributed by atoms with Gasteiger partial charge in [0.15, 0.2) is 0 Å². The molecule has 1 aliphatic rings. The van der Waals surface area contributed by atoms with Gasteiger partial charge in [-0.05, 0) is 38.1 Å². The average Bonchev–Trinajstić information content (AvgIpc) is 3.11. The summed E-state index contributed by atoms with van der Waals surface area (Å²) in [4.78, 5) is 3.36. The molecule has 0 aliphatic carbocycles. The number of nitrogens with two attached hydrogens (primary N) is 1. The number of hydrogen-bond donors (Lipinski definition) is 3. The minimum absolute atomic E-state index is 0.0698. The van der Waals surface area contributed by atoms with Crippen LogP contribution in [-0.4, -0.2) is 34.4 Å². The van der Waals surface area contributed by atoms with Crippen molar-refractivity contribution in [2.24, 2.45) is 5.73 Å². The number of aromatic amines is 1. The second-order valence-electron chi connectivity index (χ2n) is 6.73. The van der Waals surface area contributed by atoms with Crippen LogP contribution in [0.3, 0.4) is 0 Å². The zero-order valence-electron chi connectivity index (χ0n) is 13.7. The van der Waals surface area contributed by atoms with E-state index in [-0.39, 0.29) is 24.6 Å². The first-order valence-corrected chi connectivity index (χ1v) is 8.29. The predicted molar refractivity (Wildman–Crippen MR) is 90.3 cm³/mol. The summed E-state index contributed by atoms with van der Waals surface area (Å²) in [6, 6.07) is 2.99. The number of nitrogens with one attached hydrogen (secondary N) is 2. The lowest BCUT2D eigenvalue weighted by atomic mass is 9.76. The van der Waals surface area contributed by atoms with Crippen LogP contribution in [-0.2, 0) is 16.8 Å². The van der Waals surface area contributed by atoms with Crippen molar-refractivity contribution in [3.63, 3.8) is 0 Å². The van der Waals surface area contributed by atoms with Gasteiger partial charge in [0.25, 0.3) is 0 Å². The van der Waals surface area contributed by atoms with Gasteiger partial charge in [0.1, 0.15) is 11.5 Å². The average molecular weight is 331 g/mol. The van der Waals surface area contributed by atoms with Gasteiger partial charge < -0.3 is 20.8 Å². The van der Waals surface area contributed by atoms with E-state index in [0.717, 1.165) is 48.2 Å². The Morgan fingerprint density at radius 2 is 2.17 bits per heavy atom. The fraction of sp³-hybridized carbons (Fsp3) is 0.471. The molecule has 4 rings (SSSR count). The van der Waals surface area contributed by atoms with Gasteiger partial charge in [0, 0.05) is 16.5 Å². The van der Waals surface area contributed by atoms with Crippen LogP contribution in [0.5, 0.6) is 0 Å². The number of rotatable bonds is 4. The molecule has 0 spiro atoms. The third-order valence-electron chi connectivity index (χ3n) is 5.12. The monoisotopic (exact) mass is 331 g/mol. The van der Waals surface area contributed by atoms with Crippen LogP contribution in [0.25, 0.3) is 16.7 Å². The van der Waals surface area contributed by atoms with Crippen LogP contribution in [0.1, 0.15) is 30.9 Å². The third kappa shape index (κ3) is 2.40. The molecule has 0 bridgehead atoms. The number of nitrogens with zero attached hydrogens (tertiary/aromatic N) is 2. The maximum Gasteiger partial charge on any atom is 0.138 e. The molecule has 1 aromatic carbocycles. The molecule has 3 aromatic rings. The molecule has 0 amide bonds. The SMILES string of the molecule is CC1(c2cnn3c2[nH]c2cc(F)cc(COCN)c23)CCNCC1. The Hall–Kier alpha value is -1.96. The van der Waals surface area contributed by atoms with Crippen molar-refractivity contribution in [2.75, 3.05) is 19.8 Å². The van der Waals surface area contributed by atoms with Crippen molar-refractivity contribution in [1.29, 1.82) is 0 Å². The van der Waals surface area contributed by atoms with Crippen molar-refractivity contribution >= 4 is 16.7 Å². The van der Waals surface area contributed by atoms with E-state index in [1.165, 1.54) is 17.7 Å². The van der Waals surface area contributed by atoms with Crippen LogP contribution < -0.4 is 11.1 Å². The first kappa shape index (κ1) is 15.6. The Morgan fingerprint density at radius 3 is 2.92 bits per heavy atom. The zero-order chi connectivity index (χ0) is 16.7. The van der Waals surface area contributed by atoms with Gasteiger partial charge in [-0.15, -0.1) is 0 Å². The second kappa shape index (κ2) is 5.84. The highest BCUT2D eigenvalue weighted by Gasteiger charge is 2.32. The summed E-state index contributed by atoms with van der Waals surface area (Å²) >= 11 is 0. The van der Waals surface area contributed by atoms with E-state index in [2.05, 4.69) is 22.3 Å². The Balaban J connectivity index is 1.89. The van der Waals surface area contributed by atoms with Crippen LogP contribution in [0, 0.1) is 5.82 Å². The van der Waals surface area contributed by atoms with Crippen LogP contribution in [0.4, 0.5) is 4.39 Å². The standard InChI is InChI=1S/C17H22FN5O/c1-17(2-4-20-5-3-17)13-8-21-23-15-11(9-24-10-19)6-12(18)7-14(15)22-16(13)23/h6-8,20,22H,2-5,9-10,19H2,1H3. The van der Waals surface area contributed by atoms with Gasteiger partial charge >= 0.3 is 0 Å². The number of ether oxygens (including phenoxy) is 1. The van der Waals surface area contributed by atoms with Crippen LogP contribution >= 0.6 is 0 Å². The lowest BCUT2D eigenvalue weighted by Crippen LogP contribution is -2.37. The molecule has 0 unspecified atom stereocenters. The molecular weight excluding hydrogens is 309 g/mol. The van der Waals surface area contributed by atoms with E-state index in [4.69, 9.17) is 10.5 Å². The number of benzene rings is 1. The highest BCUT2D eigenvalue weighted by atomic mass is 19.1. The van der Waals surface area contributed by atoms with Gasteiger partial charge in [-0.25, -0.2) is 8.91 Å². The lowest BCUT2D eigenvalue weighted by Gasteiger charge is -2.33. The van der Waals surface area contributed by atoms with E-state index in [9.17, 15) is 4.39 Å². The lowest BCUT2D eigenvalue weighted by molar-refractivity contribution is 0.128. The topological polar surface area (TPSA) is 80.4 Å². The molecule has 7 heteroatoms. The van der Waals surface area contributed by atoms with E-state index in [1.807, 2.05) is 10.7 Å². The molecule has 3 heterocycles. The predicted octanol–water partition coefficient (Wildman–Crippen LogP) is 2.03. The molecule has 0 atom stereocenters. The minimum Gasteiger partial charge on any atom is -0.362 e. The molecule has 6 nitrogen and oxygen atoms in total. The highest BCUT2D eigenvalue weighted by Crippen LogP contribution is 2.36. The maximum atomic E-state index is 13.9. The first-order valence-electron chi connectivity index (χ1n) is 8.29. The summed E-state index contributed by atoms with van der Waals surface area (Å²) < 4.78 is 21.1. The third-order valence-corrected chi connectivity index (χ3v) is 5.12. The van der Waals surface area contributed by atoms with Crippen LogP contribution in [0.15, 0.2) is 18.3 Å². The number of fused-ring (bicyclic) bond motifs is 3. The first-order chi connectivity index (χ1) is 11.6. The maximum absolute atomic E-state index is 13.9. The van der Waals surface area contributed by atoms with E-state index < -0.39 is 0 Å². The molecule has 0 radical (unpaired) electrons. The largest absolute Gasteiger partial charge is 0.362 e. The molecule has 1 aliphatic heterocycles. The molecule has 1 saturated heterocycles. The van der Waals surface area contributed by atoms with E-state index >= 15 is 0 Å². The molecule has 4 N–H and O–H groups in total. The number of H-pyrrole nitrogens is 1. The van der Waals surface area contributed by atoms with Crippen molar-refractivity contribution in [2.45, 2.75) is 31.8 Å². The highest BCUT2D eigenvalue weighted by molar-refractivity contribution is 5.84. The molecule has 24 heavy (non-hydrogen) atoms. The number of imidazole rings is 1. The van der Waals surface area contributed by atoms with Gasteiger partial charge in [0.05, 0.1) is 30.6 Å². The molecule has 1 fully saturated rings. The molecule has 128 valence electrons. The number of halogens is 1. The number of aromatic nitrogens is 3. The summed E-state index contributed by atoms with van der Waals surface area (Å²) in [5.41, 5.74) is 9.93. The van der Waals surface area contributed by atoms with Crippen LogP contribution in [0.2, 0.25) is 0 Å². The molecular formula is C17H22FN5O. The molecule has 0 saturated carbocycles. The van der Waals surface area contributed by atoms with Gasteiger partial charge in [0.2, 0.25) is 0 Å². The Kier molecular flexibility index (Phi) is 3.79. The Labute approximate surface area is 139 Å². The van der Waals surface area contributed by atoms with Crippen molar-refractivity contribution in [3.8, 4) is 0 Å². The second-order valence-corrected chi connectivity index (χ2v) is 6.73. The summed E-state index contributed by atoms with van der Waals surface area (Å²) in [7, 11) is 0. The normalized spacial score (nSPS) is 17.8. The van der Waals surface area contributed by atoms with E-state index in [0.29, 0.717) is 0 Å². The fourth-order valence-corrected chi connectivity index (χ4v) is 3.74. The molecule has 2 aromatic heterocycles. The van der Waals surface area contributed by atoms with Crippen molar-refractivity contribution < 1.29 is 9.13 Å². The fourth-order valence-electron chi connectivity index (χ4n) is 3.74. The summed E-state index contributed by atoms with van der Waals surface area (Å²) in [6.45, 7) is 4.63. The van der Waals surface area contributed by atoms with Crippen molar-refractivity contribution in [3.05, 3.63) is 35.3 Å². The summed E-state index contributed by atoms with van der Waals surface area (Å²) in [5.74, 6) is -0.294. The minimum atomic E-state index is -0.294. The number of hydrogen-bond acceptors (Lipinski definition) is 4. The Morgan fingerprint density at radius 1 is 1.38 bits per heavy atom. The smallest absolute Gasteiger partial charge is 0.138 e. The van der Waals surface area contributed by atoms with Crippen molar-refractivity contribution in [1.82, 2.24) is 19.9 Å². The summed E-state index contributed by atoms with van der Waals surface area (Å²) in [5, 5.41) is 7.98. The number of piperidine rings is 1. The van der Waals surface area contributed by atoms with E-state index in [1.54, 1.807) is 0 Å². The summed E-state index contributed by atoms with van der Waals surface area (Å²) in [6.07, 6.45) is 4.05. The Bertz CT molecular complexity index is 878. The van der Waals surface area contributed by atoms with Gasteiger partial charge in [-0.1, -0.05) is 6.92 Å².